The number of hydrogen-bond acceptors (Lipinski definition) is 0. The summed E-state index contributed by atoms with van der Waals surface area (Å²) in [4.78, 5) is 0. The van der Waals surface area contributed by atoms with Gasteiger partial charge in [-0.3, -0.25) is 0 Å². The fraction of sp³-hybridized carbons (Fsp3) is 1.00. The fourth-order valence-electron chi connectivity index (χ4n) is 1.91. The van der Waals surface area contributed by atoms with E-state index in [0.29, 0.717) is 0 Å². The first-order valence-electron chi connectivity index (χ1n) is 6.35. The topological polar surface area (TPSA) is 0 Å². The zero-order chi connectivity index (χ0) is 9.94. The molecule has 0 saturated heterocycles. The molecule has 0 aromatic carbocycles. The molecule has 0 aliphatic carbocycles. The second-order valence-electron chi connectivity index (χ2n) is 4.29. The summed E-state index contributed by atoms with van der Waals surface area (Å²) in [6.07, 6.45) is 12.9. The van der Waals surface area contributed by atoms with Crippen molar-refractivity contribution in [2.24, 2.45) is 0 Å². The van der Waals surface area contributed by atoms with Crippen LogP contribution < -0.4 is 18.9 Å². The molecule has 0 rings (SSSR count). The Balaban J connectivity index is -0.000000720. The van der Waals surface area contributed by atoms with Crippen molar-refractivity contribution in [1.29, 1.82) is 0 Å². The Morgan fingerprint density at radius 3 is 1.21 bits per heavy atom. The molecule has 0 aliphatic heterocycles. The van der Waals surface area contributed by atoms with Gasteiger partial charge in [-0.25, -0.2) is 0 Å². The van der Waals surface area contributed by atoms with E-state index in [0.717, 1.165) is 6.71 Å². The summed E-state index contributed by atoms with van der Waals surface area (Å²) in [6, 6.07) is 0. The van der Waals surface area contributed by atoms with Gasteiger partial charge in [0.25, 0.3) is 0 Å². The van der Waals surface area contributed by atoms with E-state index in [1.807, 2.05) is 0 Å². The standard InChI is InChI=1S/C12H27B.Li.H/c1-4-7-10-13(11-8-5-2)12-9-6-3;;/h4-12H2,1-3H3;;/q;+1;-1. The van der Waals surface area contributed by atoms with Crippen molar-refractivity contribution >= 4 is 6.71 Å². The molecule has 0 fully saturated rings. The molecule has 0 spiro atoms. The maximum absolute atomic E-state index is 2.30. The Morgan fingerprint density at radius 2 is 1.00 bits per heavy atom. The number of hydrogen-bond donors (Lipinski definition) is 0. The van der Waals surface area contributed by atoms with Crippen molar-refractivity contribution in [1.82, 2.24) is 0 Å². The molecule has 0 atom stereocenters. The zero-order valence-electron chi connectivity index (χ0n) is 11.9. The molecule has 0 aromatic heterocycles. The summed E-state index contributed by atoms with van der Waals surface area (Å²) in [5.74, 6) is 0. The van der Waals surface area contributed by atoms with Crippen LogP contribution in [-0.2, 0) is 0 Å². The second kappa shape index (κ2) is 13.7. The summed E-state index contributed by atoms with van der Waals surface area (Å²) in [5.41, 5.74) is 0. The van der Waals surface area contributed by atoms with Crippen LogP contribution in [0.3, 0.4) is 0 Å². The minimum atomic E-state index is 0. The average molecular weight is 190 g/mol. The van der Waals surface area contributed by atoms with E-state index in [9.17, 15) is 0 Å². The maximum Gasteiger partial charge on any atom is 1.00 e. The minimum absolute atomic E-state index is 0. The van der Waals surface area contributed by atoms with E-state index in [-0.39, 0.29) is 20.3 Å². The Morgan fingerprint density at radius 1 is 0.714 bits per heavy atom. The normalized spacial score (nSPS) is 9.64. The first-order chi connectivity index (χ1) is 6.35. The predicted molar refractivity (Wildman–Crippen MR) is 66.0 cm³/mol. The van der Waals surface area contributed by atoms with Gasteiger partial charge in [-0.1, -0.05) is 78.3 Å². The van der Waals surface area contributed by atoms with Crippen LogP contribution in [0.25, 0.3) is 0 Å². The fourth-order valence-corrected chi connectivity index (χ4v) is 1.91. The third-order valence-corrected chi connectivity index (χ3v) is 2.90. The third kappa shape index (κ3) is 10.7. The SMILES string of the molecule is CCCCB(CCCC)CCCC.[H-].[Li+]. The average Bonchev–Trinajstić information content (AvgIpc) is 2.17. The van der Waals surface area contributed by atoms with Crippen LogP contribution in [0.15, 0.2) is 0 Å². The van der Waals surface area contributed by atoms with Gasteiger partial charge in [0.15, 0.2) is 0 Å². The van der Waals surface area contributed by atoms with Crippen molar-refractivity contribution in [3.63, 3.8) is 0 Å². The largest absolute Gasteiger partial charge is 1.00 e. The summed E-state index contributed by atoms with van der Waals surface area (Å²) < 4.78 is 0. The first kappa shape index (κ1) is 17.1. The second-order valence-corrected chi connectivity index (χ2v) is 4.29. The van der Waals surface area contributed by atoms with Gasteiger partial charge < -0.3 is 1.43 Å². The minimum Gasteiger partial charge on any atom is -1.00 e. The van der Waals surface area contributed by atoms with Gasteiger partial charge in [0, 0.05) is 0 Å². The van der Waals surface area contributed by atoms with Gasteiger partial charge in [-0.2, -0.15) is 0 Å². The summed E-state index contributed by atoms with van der Waals surface area (Å²) in [7, 11) is 0. The van der Waals surface area contributed by atoms with Gasteiger partial charge in [0.2, 0.25) is 0 Å². The summed E-state index contributed by atoms with van der Waals surface area (Å²) >= 11 is 0. The molecule has 0 heterocycles. The third-order valence-electron chi connectivity index (χ3n) is 2.90. The van der Waals surface area contributed by atoms with Crippen LogP contribution in [0.2, 0.25) is 19.0 Å². The molecule has 0 N–H and O–H groups in total. The molecule has 0 amide bonds. The Bertz CT molecular complexity index is 82.6. The van der Waals surface area contributed by atoms with E-state index in [4.69, 9.17) is 0 Å². The van der Waals surface area contributed by atoms with Crippen LogP contribution in [0.1, 0.15) is 60.7 Å². The maximum atomic E-state index is 2.30. The monoisotopic (exact) mass is 190 g/mol. The van der Waals surface area contributed by atoms with E-state index >= 15 is 0 Å². The molecule has 14 heavy (non-hydrogen) atoms. The van der Waals surface area contributed by atoms with Gasteiger partial charge in [0.05, 0.1) is 0 Å². The van der Waals surface area contributed by atoms with Crippen LogP contribution in [0.4, 0.5) is 0 Å². The molecular weight excluding hydrogens is 162 g/mol. The van der Waals surface area contributed by atoms with Crippen molar-refractivity contribution in [2.45, 2.75) is 78.3 Å². The van der Waals surface area contributed by atoms with E-state index in [2.05, 4.69) is 20.8 Å². The van der Waals surface area contributed by atoms with Gasteiger partial charge in [-0.15, -0.1) is 0 Å². The van der Waals surface area contributed by atoms with Crippen LogP contribution in [-0.4, -0.2) is 6.71 Å². The molecule has 0 aliphatic rings. The molecule has 2 heteroatoms. The van der Waals surface area contributed by atoms with E-state index < -0.39 is 0 Å². The first-order valence-corrected chi connectivity index (χ1v) is 6.35. The molecule has 0 bridgehead atoms. The van der Waals surface area contributed by atoms with Gasteiger partial charge in [-0.05, 0) is 0 Å². The molecular formula is C12H28BLi. The van der Waals surface area contributed by atoms with Crippen molar-refractivity contribution in [3.8, 4) is 0 Å². The number of rotatable bonds is 9. The number of unbranched alkanes of at least 4 members (excludes halogenated alkanes) is 3. The molecule has 0 saturated carbocycles. The van der Waals surface area contributed by atoms with Crippen molar-refractivity contribution in [3.05, 3.63) is 0 Å². The molecule has 0 radical (unpaired) electrons. The Kier molecular flexibility index (Phi) is 16.7. The molecule has 0 nitrogen and oxygen atoms in total. The quantitative estimate of drug-likeness (QED) is 0.488. The van der Waals surface area contributed by atoms with E-state index in [1.54, 1.807) is 0 Å². The van der Waals surface area contributed by atoms with Crippen LogP contribution >= 0.6 is 0 Å². The van der Waals surface area contributed by atoms with Gasteiger partial charge >= 0.3 is 18.9 Å². The summed E-state index contributed by atoms with van der Waals surface area (Å²) in [6.45, 7) is 7.95. The van der Waals surface area contributed by atoms with Crippen molar-refractivity contribution < 1.29 is 20.3 Å². The van der Waals surface area contributed by atoms with Crippen LogP contribution in [0, 0.1) is 0 Å². The molecule has 0 unspecified atom stereocenters. The van der Waals surface area contributed by atoms with Gasteiger partial charge in [0.1, 0.15) is 6.71 Å². The smallest absolute Gasteiger partial charge is 1.00 e. The zero-order valence-corrected chi connectivity index (χ0v) is 10.9. The Labute approximate surface area is 105 Å². The van der Waals surface area contributed by atoms with Crippen molar-refractivity contribution in [2.75, 3.05) is 0 Å². The van der Waals surface area contributed by atoms with E-state index in [1.165, 1.54) is 57.5 Å². The molecule has 0 aromatic rings. The van der Waals surface area contributed by atoms with Crippen LogP contribution in [0.5, 0.6) is 0 Å². The summed E-state index contributed by atoms with van der Waals surface area (Å²) in [5, 5.41) is 0. The predicted octanol–water partition coefficient (Wildman–Crippen LogP) is 2.00. The molecule has 80 valence electrons. The Hall–Kier alpha value is 0.662.